The van der Waals surface area contributed by atoms with Crippen molar-refractivity contribution in [1.29, 1.82) is 0 Å². The standard InChI is InChI=1S/C13H18O4S/c1-9-10(6-12(18-9)13(14)15)7-16-8-11-4-2-3-5-17-11/h6,11H,2-5,7-8H2,1H3,(H,14,15). The topological polar surface area (TPSA) is 55.8 Å². The van der Waals surface area contributed by atoms with E-state index in [1.165, 1.54) is 17.8 Å². The third-order valence-electron chi connectivity index (χ3n) is 3.07. The molecule has 18 heavy (non-hydrogen) atoms. The third-order valence-corrected chi connectivity index (χ3v) is 4.15. The van der Waals surface area contributed by atoms with Crippen molar-refractivity contribution in [3.8, 4) is 0 Å². The van der Waals surface area contributed by atoms with E-state index in [-0.39, 0.29) is 6.10 Å². The molecule has 0 amide bonds. The molecule has 1 unspecified atom stereocenters. The molecular weight excluding hydrogens is 252 g/mol. The molecule has 2 rings (SSSR count). The molecule has 0 aliphatic carbocycles. The van der Waals surface area contributed by atoms with Crippen molar-refractivity contribution < 1.29 is 19.4 Å². The first kappa shape index (κ1) is 13.5. The Balaban J connectivity index is 1.80. The van der Waals surface area contributed by atoms with Crippen LogP contribution in [0.25, 0.3) is 0 Å². The van der Waals surface area contributed by atoms with Gasteiger partial charge in [-0.05, 0) is 37.8 Å². The number of carboxylic acids is 1. The smallest absolute Gasteiger partial charge is 0.345 e. The van der Waals surface area contributed by atoms with E-state index in [1.54, 1.807) is 6.07 Å². The molecule has 1 fully saturated rings. The number of ether oxygens (including phenoxy) is 2. The summed E-state index contributed by atoms with van der Waals surface area (Å²) in [6, 6.07) is 1.70. The first-order chi connectivity index (χ1) is 8.66. The van der Waals surface area contributed by atoms with Crippen molar-refractivity contribution >= 4 is 17.3 Å². The highest BCUT2D eigenvalue weighted by Crippen LogP contribution is 2.22. The summed E-state index contributed by atoms with van der Waals surface area (Å²) in [5.74, 6) is -0.870. The minimum absolute atomic E-state index is 0.205. The Labute approximate surface area is 111 Å². The number of rotatable bonds is 5. The van der Waals surface area contributed by atoms with Gasteiger partial charge in [-0.1, -0.05) is 0 Å². The van der Waals surface area contributed by atoms with Crippen LogP contribution in [0.1, 0.15) is 39.4 Å². The van der Waals surface area contributed by atoms with Crippen LogP contribution >= 0.6 is 11.3 Å². The van der Waals surface area contributed by atoms with E-state index < -0.39 is 5.97 Å². The summed E-state index contributed by atoms with van der Waals surface area (Å²) in [4.78, 5) is 12.2. The minimum Gasteiger partial charge on any atom is -0.477 e. The molecule has 4 nitrogen and oxygen atoms in total. The number of aryl methyl sites for hydroxylation is 1. The van der Waals surface area contributed by atoms with Crippen molar-refractivity contribution in [2.45, 2.75) is 38.9 Å². The summed E-state index contributed by atoms with van der Waals surface area (Å²) in [5.41, 5.74) is 0.966. The predicted molar refractivity (Wildman–Crippen MR) is 69.3 cm³/mol. The maximum atomic E-state index is 10.8. The fraction of sp³-hybridized carbons (Fsp3) is 0.615. The molecule has 1 saturated heterocycles. The maximum Gasteiger partial charge on any atom is 0.345 e. The second-order valence-electron chi connectivity index (χ2n) is 4.50. The van der Waals surface area contributed by atoms with Crippen LogP contribution in [0.2, 0.25) is 0 Å². The Morgan fingerprint density at radius 3 is 3.06 bits per heavy atom. The van der Waals surface area contributed by atoms with E-state index in [0.717, 1.165) is 29.9 Å². The van der Waals surface area contributed by atoms with E-state index in [4.69, 9.17) is 14.6 Å². The van der Waals surface area contributed by atoms with Gasteiger partial charge < -0.3 is 14.6 Å². The maximum absolute atomic E-state index is 10.8. The lowest BCUT2D eigenvalue weighted by atomic mass is 10.1. The second kappa shape index (κ2) is 6.31. The summed E-state index contributed by atoms with van der Waals surface area (Å²) in [7, 11) is 0. The van der Waals surface area contributed by atoms with Gasteiger partial charge in [0, 0.05) is 11.5 Å². The summed E-state index contributed by atoms with van der Waals surface area (Å²) < 4.78 is 11.2. The monoisotopic (exact) mass is 270 g/mol. The zero-order chi connectivity index (χ0) is 13.0. The number of carboxylic acid groups (broad SMARTS) is 1. The molecular formula is C13H18O4S. The van der Waals surface area contributed by atoms with Gasteiger partial charge >= 0.3 is 5.97 Å². The summed E-state index contributed by atoms with van der Waals surface area (Å²) in [6.45, 7) is 3.81. The molecule has 0 saturated carbocycles. The largest absolute Gasteiger partial charge is 0.477 e. The highest BCUT2D eigenvalue weighted by molar-refractivity contribution is 7.14. The van der Waals surface area contributed by atoms with Crippen LogP contribution in [0.4, 0.5) is 0 Å². The van der Waals surface area contributed by atoms with Crippen molar-refractivity contribution in [1.82, 2.24) is 0 Å². The molecule has 5 heteroatoms. The third kappa shape index (κ3) is 3.54. The Bertz CT molecular complexity index is 407. The van der Waals surface area contributed by atoms with Gasteiger partial charge in [0.25, 0.3) is 0 Å². The molecule has 1 aliphatic rings. The number of carbonyl (C=O) groups is 1. The van der Waals surface area contributed by atoms with Crippen LogP contribution < -0.4 is 0 Å². The van der Waals surface area contributed by atoms with Crippen LogP contribution in [0.15, 0.2) is 6.07 Å². The van der Waals surface area contributed by atoms with E-state index in [9.17, 15) is 4.79 Å². The number of thiophene rings is 1. The van der Waals surface area contributed by atoms with E-state index >= 15 is 0 Å². The molecule has 0 aromatic carbocycles. The van der Waals surface area contributed by atoms with E-state index in [0.29, 0.717) is 18.1 Å². The van der Waals surface area contributed by atoms with Crippen molar-refractivity contribution in [3.05, 3.63) is 21.4 Å². The lowest BCUT2D eigenvalue weighted by molar-refractivity contribution is -0.0447. The van der Waals surface area contributed by atoms with Gasteiger partial charge in [0.15, 0.2) is 0 Å². The molecule has 0 bridgehead atoms. The fourth-order valence-corrected chi connectivity index (χ4v) is 2.87. The van der Waals surface area contributed by atoms with Gasteiger partial charge in [-0.3, -0.25) is 0 Å². The zero-order valence-corrected chi connectivity index (χ0v) is 11.3. The normalized spacial score (nSPS) is 19.9. The average Bonchev–Trinajstić information content (AvgIpc) is 2.73. The Morgan fingerprint density at radius 2 is 2.44 bits per heavy atom. The minimum atomic E-state index is -0.870. The highest BCUT2D eigenvalue weighted by atomic mass is 32.1. The molecule has 1 N–H and O–H groups in total. The van der Waals surface area contributed by atoms with Crippen LogP contribution in [-0.4, -0.2) is 30.4 Å². The lowest BCUT2D eigenvalue weighted by Gasteiger charge is -2.22. The first-order valence-corrected chi connectivity index (χ1v) is 7.00. The number of hydrogen-bond acceptors (Lipinski definition) is 4. The highest BCUT2D eigenvalue weighted by Gasteiger charge is 2.15. The zero-order valence-electron chi connectivity index (χ0n) is 10.5. The predicted octanol–water partition coefficient (Wildman–Crippen LogP) is 2.84. The fourth-order valence-electron chi connectivity index (χ4n) is 2.01. The molecule has 1 aromatic heterocycles. The van der Waals surface area contributed by atoms with Gasteiger partial charge in [0.2, 0.25) is 0 Å². The van der Waals surface area contributed by atoms with Gasteiger partial charge in [-0.25, -0.2) is 4.79 Å². The van der Waals surface area contributed by atoms with Crippen LogP contribution in [0.5, 0.6) is 0 Å². The Hall–Kier alpha value is -0.910. The average molecular weight is 270 g/mol. The SMILES string of the molecule is Cc1sc(C(=O)O)cc1COCC1CCCCO1. The summed E-state index contributed by atoms with van der Waals surface area (Å²) in [6.07, 6.45) is 3.61. The number of aromatic carboxylic acids is 1. The van der Waals surface area contributed by atoms with Crippen molar-refractivity contribution in [2.24, 2.45) is 0 Å². The van der Waals surface area contributed by atoms with E-state index in [1.807, 2.05) is 6.92 Å². The summed E-state index contributed by atoms with van der Waals surface area (Å²) in [5, 5.41) is 8.90. The Morgan fingerprint density at radius 1 is 1.61 bits per heavy atom. The molecule has 0 radical (unpaired) electrons. The Kier molecular flexibility index (Phi) is 4.74. The number of hydrogen-bond donors (Lipinski definition) is 1. The quantitative estimate of drug-likeness (QED) is 0.894. The van der Waals surface area contributed by atoms with Crippen molar-refractivity contribution in [2.75, 3.05) is 13.2 Å². The lowest BCUT2D eigenvalue weighted by Crippen LogP contribution is -2.24. The van der Waals surface area contributed by atoms with Gasteiger partial charge in [-0.15, -0.1) is 11.3 Å². The van der Waals surface area contributed by atoms with Crippen LogP contribution in [0.3, 0.4) is 0 Å². The van der Waals surface area contributed by atoms with Crippen LogP contribution in [-0.2, 0) is 16.1 Å². The second-order valence-corrected chi connectivity index (χ2v) is 5.76. The van der Waals surface area contributed by atoms with Gasteiger partial charge in [0.05, 0.1) is 19.3 Å². The molecule has 1 aliphatic heterocycles. The van der Waals surface area contributed by atoms with Gasteiger partial charge in [0.1, 0.15) is 4.88 Å². The molecule has 2 heterocycles. The van der Waals surface area contributed by atoms with E-state index in [2.05, 4.69) is 0 Å². The summed E-state index contributed by atoms with van der Waals surface area (Å²) >= 11 is 1.30. The molecule has 1 aromatic rings. The van der Waals surface area contributed by atoms with Crippen LogP contribution in [0, 0.1) is 6.92 Å². The molecule has 0 spiro atoms. The van der Waals surface area contributed by atoms with Crippen molar-refractivity contribution in [3.63, 3.8) is 0 Å². The first-order valence-electron chi connectivity index (χ1n) is 6.19. The van der Waals surface area contributed by atoms with Gasteiger partial charge in [-0.2, -0.15) is 0 Å². The molecule has 1 atom stereocenters. The molecule has 100 valence electrons.